The van der Waals surface area contributed by atoms with Crippen LogP contribution in [0.15, 0.2) is 40.0 Å². The predicted molar refractivity (Wildman–Crippen MR) is 90.7 cm³/mol. The number of rotatable bonds is 3. The third-order valence-corrected chi connectivity index (χ3v) is 5.11. The van der Waals surface area contributed by atoms with Gasteiger partial charge in [0.1, 0.15) is 0 Å². The van der Waals surface area contributed by atoms with E-state index in [1.807, 2.05) is 13.0 Å². The van der Waals surface area contributed by atoms with E-state index in [0.717, 1.165) is 11.1 Å². The van der Waals surface area contributed by atoms with Crippen LogP contribution in [-0.2, 0) is 10.0 Å². The number of benzene rings is 2. The third-order valence-electron chi connectivity index (χ3n) is 3.47. The first-order valence-corrected chi connectivity index (χ1v) is 8.64. The molecule has 0 amide bonds. The smallest absolute Gasteiger partial charge is 0.306 e. The maximum absolute atomic E-state index is 12.6. The Labute approximate surface area is 137 Å². The number of hydrogen-bond acceptors (Lipinski definition) is 3. The van der Waals surface area contributed by atoms with E-state index >= 15 is 0 Å². The lowest BCUT2D eigenvalue weighted by Gasteiger charge is -2.13. The number of fused-ring (bicyclic) bond motifs is 1. The minimum atomic E-state index is -3.82. The summed E-state index contributed by atoms with van der Waals surface area (Å²) in [5, 5.41) is 0.335. The molecule has 0 aliphatic heterocycles. The number of sulfonamides is 1. The van der Waals surface area contributed by atoms with Crippen LogP contribution < -0.4 is 10.4 Å². The molecule has 0 unspecified atom stereocenters. The third kappa shape index (κ3) is 2.97. The maximum Gasteiger partial charge on any atom is 0.323 e. The number of anilines is 1. The summed E-state index contributed by atoms with van der Waals surface area (Å²) in [6.45, 7) is 3.66. The van der Waals surface area contributed by atoms with Gasteiger partial charge in [-0.05, 0) is 49.2 Å². The van der Waals surface area contributed by atoms with Crippen LogP contribution >= 0.6 is 11.6 Å². The molecule has 0 spiro atoms. The largest absolute Gasteiger partial charge is 0.323 e. The minimum absolute atomic E-state index is 0.0382. The molecule has 1 heterocycles. The number of H-pyrrole nitrogens is 2. The van der Waals surface area contributed by atoms with Gasteiger partial charge in [-0.25, -0.2) is 13.2 Å². The lowest BCUT2D eigenvalue weighted by molar-refractivity contribution is 0.601. The van der Waals surface area contributed by atoms with E-state index in [9.17, 15) is 13.2 Å². The van der Waals surface area contributed by atoms with Gasteiger partial charge < -0.3 is 9.97 Å². The van der Waals surface area contributed by atoms with Gasteiger partial charge in [0, 0.05) is 0 Å². The van der Waals surface area contributed by atoms with E-state index in [-0.39, 0.29) is 10.6 Å². The molecule has 120 valence electrons. The zero-order chi connectivity index (χ0) is 16.8. The van der Waals surface area contributed by atoms with Crippen molar-refractivity contribution in [2.75, 3.05) is 4.72 Å². The first kappa shape index (κ1) is 15.6. The van der Waals surface area contributed by atoms with Gasteiger partial charge in [0.2, 0.25) is 0 Å². The average Bonchev–Trinajstić information content (AvgIpc) is 2.82. The SMILES string of the molecule is Cc1cc(C)c(NS(=O)(=O)c2ccc3[nH]c(=O)[nH]c3c2)c(Cl)c1. The highest BCUT2D eigenvalue weighted by molar-refractivity contribution is 7.92. The van der Waals surface area contributed by atoms with E-state index in [4.69, 9.17) is 11.6 Å². The van der Waals surface area contributed by atoms with Gasteiger partial charge in [-0.1, -0.05) is 17.7 Å². The van der Waals surface area contributed by atoms with Crippen molar-refractivity contribution in [3.8, 4) is 0 Å². The van der Waals surface area contributed by atoms with E-state index in [1.165, 1.54) is 18.2 Å². The van der Waals surface area contributed by atoms with E-state index in [1.54, 1.807) is 13.0 Å². The van der Waals surface area contributed by atoms with Gasteiger partial charge in [0.15, 0.2) is 0 Å². The Kier molecular flexibility index (Phi) is 3.69. The molecule has 8 heteroatoms. The zero-order valence-corrected chi connectivity index (χ0v) is 14.0. The number of halogens is 1. The lowest BCUT2D eigenvalue weighted by Crippen LogP contribution is -2.14. The molecule has 0 aliphatic rings. The Bertz CT molecular complexity index is 1040. The summed E-state index contributed by atoms with van der Waals surface area (Å²) in [6.07, 6.45) is 0. The van der Waals surface area contributed by atoms with Crippen LogP contribution in [0.1, 0.15) is 11.1 Å². The molecule has 0 aliphatic carbocycles. The van der Waals surface area contributed by atoms with Crippen LogP contribution in [0.25, 0.3) is 11.0 Å². The molecule has 3 N–H and O–H groups in total. The molecule has 0 fully saturated rings. The van der Waals surface area contributed by atoms with E-state index < -0.39 is 10.0 Å². The van der Waals surface area contributed by atoms with Crippen LogP contribution in [0.2, 0.25) is 5.02 Å². The summed E-state index contributed by atoms with van der Waals surface area (Å²) in [4.78, 5) is 16.4. The second-order valence-electron chi connectivity index (χ2n) is 5.33. The summed E-state index contributed by atoms with van der Waals surface area (Å²) in [6, 6.07) is 7.89. The van der Waals surface area contributed by atoms with Gasteiger partial charge in [-0.15, -0.1) is 0 Å². The van der Waals surface area contributed by atoms with Crippen LogP contribution in [0.3, 0.4) is 0 Å². The van der Waals surface area contributed by atoms with E-state index in [2.05, 4.69) is 14.7 Å². The molecule has 0 bridgehead atoms. The van der Waals surface area contributed by atoms with Crippen LogP contribution in [-0.4, -0.2) is 18.4 Å². The molecule has 3 aromatic rings. The second kappa shape index (κ2) is 5.43. The number of aromatic nitrogens is 2. The van der Waals surface area contributed by atoms with Crippen LogP contribution in [0.4, 0.5) is 5.69 Å². The molecule has 0 saturated carbocycles. The Hall–Kier alpha value is -2.25. The highest BCUT2D eigenvalue weighted by Crippen LogP contribution is 2.29. The molecule has 0 saturated heterocycles. The summed E-state index contributed by atoms with van der Waals surface area (Å²) in [7, 11) is -3.82. The van der Waals surface area contributed by atoms with Crippen molar-refractivity contribution in [1.29, 1.82) is 0 Å². The quantitative estimate of drug-likeness (QED) is 0.677. The normalized spacial score (nSPS) is 11.8. The molecule has 6 nitrogen and oxygen atoms in total. The molecule has 2 aromatic carbocycles. The Morgan fingerprint density at radius 2 is 1.74 bits per heavy atom. The predicted octanol–water partition coefficient (Wildman–Crippen LogP) is 2.93. The molecule has 3 rings (SSSR count). The highest BCUT2D eigenvalue weighted by atomic mass is 35.5. The standard InChI is InChI=1S/C15H14ClN3O3S/c1-8-5-9(2)14(11(16)6-8)19-23(21,22)10-3-4-12-13(7-10)18-15(20)17-12/h3-7,19H,1-2H3,(H2,17,18,20). The maximum atomic E-state index is 12.6. The number of aromatic amines is 2. The number of aryl methyl sites for hydroxylation is 2. The highest BCUT2D eigenvalue weighted by Gasteiger charge is 2.18. The van der Waals surface area contributed by atoms with Crippen molar-refractivity contribution in [3.63, 3.8) is 0 Å². The summed E-state index contributed by atoms with van der Waals surface area (Å²) >= 11 is 6.15. The molecule has 0 atom stereocenters. The van der Waals surface area contributed by atoms with Crippen LogP contribution in [0, 0.1) is 13.8 Å². The molecule has 23 heavy (non-hydrogen) atoms. The molecular formula is C15H14ClN3O3S. The van der Waals surface area contributed by atoms with E-state index in [0.29, 0.717) is 21.7 Å². The number of nitrogens with one attached hydrogen (secondary N) is 3. The van der Waals surface area contributed by atoms with Gasteiger partial charge in [0.25, 0.3) is 10.0 Å². The van der Waals surface area contributed by atoms with Crippen LogP contribution in [0.5, 0.6) is 0 Å². The summed E-state index contributed by atoms with van der Waals surface area (Å²) in [5.74, 6) is 0. The van der Waals surface area contributed by atoms with Gasteiger partial charge in [-0.3, -0.25) is 4.72 Å². The zero-order valence-electron chi connectivity index (χ0n) is 12.4. The molecule has 1 aromatic heterocycles. The Balaban J connectivity index is 2.05. The number of hydrogen-bond donors (Lipinski definition) is 3. The number of imidazole rings is 1. The summed E-state index contributed by atoms with van der Waals surface area (Å²) in [5.41, 5.74) is 2.60. The van der Waals surface area contributed by atoms with Crippen molar-refractivity contribution in [3.05, 3.63) is 57.0 Å². The first-order chi connectivity index (χ1) is 10.8. The fourth-order valence-electron chi connectivity index (χ4n) is 2.42. The van der Waals surface area contributed by atoms with Crippen molar-refractivity contribution in [1.82, 2.24) is 9.97 Å². The summed E-state index contributed by atoms with van der Waals surface area (Å²) < 4.78 is 27.6. The molecule has 0 radical (unpaired) electrons. The van der Waals surface area contributed by atoms with Gasteiger partial charge in [0.05, 0.1) is 26.6 Å². The first-order valence-electron chi connectivity index (χ1n) is 6.78. The molecular weight excluding hydrogens is 338 g/mol. The minimum Gasteiger partial charge on any atom is -0.306 e. The second-order valence-corrected chi connectivity index (χ2v) is 7.42. The topological polar surface area (TPSA) is 94.8 Å². The van der Waals surface area contributed by atoms with Crippen molar-refractivity contribution in [2.24, 2.45) is 0 Å². The lowest BCUT2D eigenvalue weighted by atomic mass is 10.1. The monoisotopic (exact) mass is 351 g/mol. The van der Waals surface area contributed by atoms with Crippen molar-refractivity contribution in [2.45, 2.75) is 18.7 Å². The van der Waals surface area contributed by atoms with Crippen molar-refractivity contribution >= 4 is 38.3 Å². The fraction of sp³-hybridized carbons (Fsp3) is 0.133. The van der Waals surface area contributed by atoms with Crippen molar-refractivity contribution < 1.29 is 8.42 Å². The fourth-order valence-corrected chi connectivity index (χ4v) is 4.02. The average molecular weight is 352 g/mol. The Morgan fingerprint density at radius 1 is 1.04 bits per heavy atom. The Morgan fingerprint density at radius 3 is 2.43 bits per heavy atom. The van der Waals surface area contributed by atoms with Gasteiger partial charge >= 0.3 is 5.69 Å². The van der Waals surface area contributed by atoms with Gasteiger partial charge in [-0.2, -0.15) is 0 Å².